The Morgan fingerprint density at radius 1 is 0.900 bits per heavy atom. The van der Waals surface area contributed by atoms with E-state index in [9.17, 15) is 4.39 Å². The number of piperazine rings is 1. The highest BCUT2D eigenvalue weighted by Crippen LogP contribution is 2.15. The molecule has 0 spiro atoms. The van der Waals surface area contributed by atoms with E-state index in [4.69, 9.17) is 0 Å². The van der Waals surface area contributed by atoms with Crippen LogP contribution < -0.4 is 4.90 Å². The molecule has 3 rings (SSSR count). The number of pyridine rings is 1. The highest BCUT2D eigenvalue weighted by molar-refractivity contribution is 5.38. The lowest BCUT2D eigenvalue weighted by Gasteiger charge is -2.35. The predicted octanol–water partition coefficient (Wildman–Crippen LogP) is 2.54. The van der Waals surface area contributed by atoms with Crippen LogP contribution >= 0.6 is 0 Å². The Morgan fingerprint density at radius 3 is 2.35 bits per heavy atom. The number of benzene rings is 1. The first-order valence-corrected chi connectivity index (χ1v) is 6.95. The first-order chi connectivity index (χ1) is 9.81. The molecule has 2 aromatic rings. The van der Waals surface area contributed by atoms with E-state index in [2.05, 4.69) is 39.0 Å². The van der Waals surface area contributed by atoms with E-state index < -0.39 is 5.95 Å². The van der Waals surface area contributed by atoms with Gasteiger partial charge in [0.1, 0.15) is 5.82 Å². The summed E-state index contributed by atoms with van der Waals surface area (Å²) in [7, 11) is 0. The van der Waals surface area contributed by atoms with Gasteiger partial charge in [-0.25, -0.2) is 4.98 Å². The lowest BCUT2D eigenvalue weighted by Crippen LogP contribution is -2.46. The molecule has 0 saturated carbocycles. The van der Waals surface area contributed by atoms with Gasteiger partial charge in [0.15, 0.2) is 0 Å². The molecule has 4 heteroatoms. The zero-order valence-electron chi connectivity index (χ0n) is 11.4. The minimum atomic E-state index is -0.408. The normalized spacial score (nSPS) is 16.4. The van der Waals surface area contributed by atoms with E-state index in [0.29, 0.717) is 0 Å². The number of aromatic nitrogens is 1. The minimum absolute atomic E-state index is 0.408. The first kappa shape index (κ1) is 13.1. The van der Waals surface area contributed by atoms with Crippen molar-refractivity contribution in [1.29, 1.82) is 0 Å². The van der Waals surface area contributed by atoms with Crippen LogP contribution in [0.25, 0.3) is 0 Å². The molecule has 0 bridgehead atoms. The van der Waals surface area contributed by atoms with E-state index in [-0.39, 0.29) is 0 Å². The average Bonchev–Trinajstić information content (AvgIpc) is 2.49. The molecule has 1 saturated heterocycles. The third-order valence-corrected chi connectivity index (χ3v) is 3.65. The monoisotopic (exact) mass is 271 g/mol. The van der Waals surface area contributed by atoms with Crippen molar-refractivity contribution in [3.05, 3.63) is 60.0 Å². The summed E-state index contributed by atoms with van der Waals surface area (Å²) < 4.78 is 13.1. The molecule has 0 N–H and O–H groups in total. The Morgan fingerprint density at radius 2 is 1.65 bits per heavy atom. The summed E-state index contributed by atoms with van der Waals surface area (Å²) in [6.07, 6.45) is 0. The van der Waals surface area contributed by atoms with Crippen molar-refractivity contribution in [2.24, 2.45) is 0 Å². The Balaban J connectivity index is 1.57. The smallest absolute Gasteiger partial charge is 0.214 e. The van der Waals surface area contributed by atoms with Crippen molar-refractivity contribution in [2.75, 3.05) is 31.1 Å². The van der Waals surface area contributed by atoms with Crippen molar-refractivity contribution in [3.63, 3.8) is 0 Å². The van der Waals surface area contributed by atoms with Gasteiger partial charge in [-0.1, -0.05) is 36.4 Å². The van der Waals surface area contributed by atoms with Gasteiger partial charge in [-0.2, -0.15) is 4.39 Å². The molecule has 1 aliphatic rings. The summed E-state index contributed by atoms with van der Waals surface area (Å²) in [6, 6.07) is 15.5. The van der Waals surface area contributed by atoms with Crippen LogP contribution in [0, 0.1) is 5.95 Å². The largest absolute Gasteiger partial charge is 0.354 e. The Hall–Kier alpha value is -1.94. The predicted molar refractivity (Wildman–Crippen MR) is 78.1 cm³/mol. The number of anilines is 1. The molecule has 0 amide bonds. The number of hydrogen-bond donors (Lipinski definition) is 0. The van der Waals surface area contributed by atoms with Gasteiger partial charge < -0.3 is 4.90 Å². The third-order valence-electron chi connectivity index (χ3n) is 3.65. The Bertz CT molecular complexity index is 551. The topological polar surface area (TPSA) is 19.4 Å². The Kier molecular flexibility index (Phi) is 3.92. The number of nitrogens with zero attached hydrogens (tertiary/aromatic N) is 3. The second-order valence-corrected chi connectivity index (χ2v) is 5.07. The molecule has 1 aromatic carbocycles. The van der Waals surface area contributed by atoms with Crippen molar-refractivity contribution in [1.82, 2.24) is 9.88 Å². The number of rotatable bonds is 3. The summed E-state index contributed by atoms with van der Waals surface area (Å²) in [5.74, 6) is 0.332. The second-order valence-electron chi connectivity index (χ2n) is 5.07. The molecule has 1 aliphatic heterocycles. The molecule has 1 fully saturated rings. The quantitative estimate of drug-likeness (QED) is 0.800. The lowest BCUT2D eigenvalue weighted by molar-refractivity contribution is 0.249. The summed E-state index contributed by atoms with van der Waals surface area (Å²) in [6.45, 7) is 4.72. The van der Waals surface area contributed by atoms with Crippen LogP contribution in [0.4, 0.5) is 10.2 Å². The fourth-order valence-corrected chi connectivity index (χ4v) is 2.55. The molecule has 2 heterocycles. The highest BCUT2D eigenvalue weighted by atomic mass is 19.1. The van der Waals surface area contributed by atoms with Crippen molar-refractivity contribution in [2.45, 2.75) is 6.54 Å². The molecule has 3 nitrogen and oxygen atoms in total. The maximum absolute atomic E-state index is 13.1. The van der Waals surface area contributed by atoms with Gasteiger partial charge in [-0.05, 0) is 17.7 Å². The maximum Gasteiger partial charge on any atom is 0.214 e. The molecular formula is C16H18FN3. The van der Waals surface area contributed by atoms with Crippen LogP contribution in [0.5, 0.6) is 0 Å². The Labute approximate surface area is 118 Å². The van der Waals surface area contributed by atoms with E-state index in [1.165, 1.54) is 11.6 Å². The molecular weight excluding hydrogens is 253 g/mol. The van der Waals surface area contributed by atoms with Gasteiger partial charge in [-0.3, -0.25) is 4.90 Å². The summed E-state index contributed by atoms with van der Waals surface area (Å²) in [5, 5.41) is 0. The summed E-state index contributed by atoms with van der Waals surface area (Å²) in [5.41, 5.74) is 1.34. The number of hydrogen-bond acceptors (Lipinski definition) is 3. The third kappa shape index (κ3) is 3.14. The van der Waals surface area contributed by atoms with Crippen molar-refractivity contribution < 1.29 is 4.39 Å². The van der Waals surface area contributed by atoms with E-state index in [1.54, 1.807) is 6.07 Å². The molecule has 0 unspecified atom stereocenters. The molecule has 0 radical (unpaired) electrons. The molecule has 0 aliphatic carbocycles. The number of halogens is 1. The first-order valence-electron chi connectivity index (χ1n) is 6.95. The second kappa shape index (κ2) is 6.01. The molecule has 0 atom stereocenters. The molecule has 20 heavy (non-hydrogen) atoms. The van der Waals surface area contributed by atoms with Crippen LogP contribution in [0.2, 0.25) is 0 Å². The van der Waals surface area contributed by atoms with Gasteiger partial charge in [0.2, 0.25) is 5.95 Å². The van der Waals surface area contributed by atoms with E-state index >= 15 is 0 Å². The average molecular weight is 271 g/mol. The van der Waals surface area contributed by atoms with Crippen molar-refractivity contribution in [3.8, 4) is 0 Å². The molecule has 1 aromatic heterocycles. The van der Waals surface area contributed by atoms with Gasteiger partial charge in [0.05, 0.1) is 0 Å². The SMILES string of the molecule is Fc1cccc(N2CCN(Cc3ccccc3)CC2)n1. The van der Waals surface area contributed by atoms with Crippen LogP contribution in [-0.4, -0.2) is 36.1 Å². The van der Waals surface area contributed by atoms with E-state index in [1.807, 2.05) is 12.1 Å². The summed E-state index contributed by atoms with van der Waals surface area (Å²) >= 11 is 0. The van der Waals surface area contributed by atoms with Gasteiger partial charge in [-0.15, -0.1) is 0 Å². The minimum Gasteiger partial charge on any atom is -0.354 e. The maximum atomic E-state index is 13.1. The lowest BCUT2D eigenvalue weighted by atomic mass is 10.2. The fourth-order valence-electron chi connectivity index (χ4n) is 2.55. The van der Waals surface area contributed by atoms with Gasteiger partial charge >= 0.3 is 0 Å². The van der Waals surface area contributed by atoms with Crippen LogP contribution in [0.1, 0.15) is 5.56 Å². The van der Waals surface area contributed by atoms with E-state index in [0.717, 1.165) is 38.5 Å². The summed E-state index contributed by atoms with van der Waals surface area (Å²) in [4.78, 5) is 8.51. The standard InChI is InChI=1S/C16H18FN3/c17-15-7-4-8-16(18-15)20-11-9-19(10-12-20)13-14-5-2-1-3-6-14/h1-8H,9-13H2. The van der Waals surface area contributed by atoms with Crippen LogP contribution in [-0.2, 0) is 6.54 Å². The van der Waals surface area contributed by atoms with Crippen molar-refractivity contribution >= 4 is 5.82 Å². The molecule has 104 valence electrons. The fraction of sp³-hybridized carbons (Fsp3) is 0.312. The highest BCUT2D eigenvalue weighted by Gasteiger charge is 2.18. The van der Waals surface area contributed by atoms with Gasteiger partial charge in [0, 0.05) is 32.7 Å². The van der Waals surface area contributed by atoms with Crippen LogP contribution in [0.15, 0.2) is 48.5 Å². The zero-order chi connectivity index (χ0) is 13.8. The van der Waals surface area contributed by atoms with Crippen LogP contribution in [0.3, 0.4) is 0 Å². The van der Waals surface area contributed by atoms with Gasteiger partial charge in [0.25, 0.3) is 0 Å². The zero-order valence-corrected chi connectivity index (χ0v) is 11.4.